The predicted molar refractivity (Wildman–Crippen MR) is 114 cm³/mol. The lowest BCUT2D eigenvalue weighted by Crippen LogP contribution is -2.23. The quantitative estimate of drug-likeness (QED) is 0.515. The molecule has 0 radical (unpaired) electrons. The number of imidazole rings is 1. The second-order valence-corrected chi connectivity index (χ2v) is 7.06. The van der Waals surface area contributed by atoms with Crippen molar-refractivity contribution in [1.29, 1.82) is 0 Å². The first-order chi connectivity index (χ1) is 14.6. The lowest BCUT2D eigenvalue weighted by molar-refractivity contribution is 0.0945. The molecule has 7 heteroatoms. The number of carbonyl (C=O) groups excluding carboxylic acids is 1. The summed E-state index contributed by atoms with van der Waals surface area (Å²) in [5, 5.41) is 7.37. The Morgan fingerprint density at radius 1 is 1.10 bits per heavy atom. The molecule has 0 atom stereocenters. The number of hydrogen-bond acceptors (Lipinski definition) is 4. The third-order valence-corrected chi connectivity index (χ3v) is 4.77. The number of aryl methyl sites for hydroxylation is 1. The van der Waals surface area contributed by atoms with Crippen LogP contribution in [0.15, 0.2) is 73.4 Å². The van der Waals surface area contributed by atoms with Crippen molar-refractivity contribution >= 4 is 5.91 Å². The van der Waals surface area contributed by atoms with Crippen LogP contribution in [0.4, 0.5) is 0 Å². The van der Waals surface area contributed by atoms with E-state index in [9.17, 15) is 4.79 Å². The standard InChI is InChI=1S/C23H23N5O2/c1-17-6-7-22(30-2)21(12-17)28-10-8-20(26-28)23(29)25-14-18-4-3-5-19(13-18)15-27-11-9-24-16-27/h3-13,16H,14-15H2,1-2H3,(H,25,29). The molecule has 0 spiro atoms. The minimum absolute atomic E-state index is 0.222. The molecule has 4 rings (SSSR count). The zero-order chi connectivity index (χ0) is 20.9. The van der Waals surface area contributed by atoms with Gasteiger partial charge in [-0.1, -0.05) is 30.3 Å². The number of carbonyl (C=O) groups is 1. The van der Waals surface area contributed by atoms with Gasteiger partial charge in [0.05, 0.1) is 13.4 Å². The summed E-state index contributed by atoms with van der Waals surface area (Å²) < 4.78 is 9.07. The number of methoxy groups -OCH3 is 1. The number of rotatable bonds is 7. The summed E-state index contributed by atoms with van der Waals surface area (Å²) >= 11 is 0. The summed E-state index contributed by atoms with van der Waals surface area (Å²) in [6.07, 6.45) is 7.23. The van der Waals surface area contributed by atoms with Gasteiger partial charge >= 0.3 is 0 Å². The number of nitrogens with one attached hydrogen (secondary N) is 1. The molecule has 0 unspecified atom stereocenters. The fourth-order valence-electron chi connectivity index (χ4n) is 3.26. The SMILES string of the molecule is COc1ccc(C)cc1-n1ccc(C(=O)NCc2cccc(Cn3ccnc3)c2)n1. The number of nitrogens with zero attached hydrogens (tertiary/aromatic N) is 4. The number of amides is 1. The summed E-state index contributed by atoms with van der Waals surface area (Å²) in [4.78, 5) is 16.7. The van der Waals surface area contributed by atoms with Gasteiger partial charge in [0.2, 0.25) is 0 Å². The Bertz CT molecular complexity index is 1150. The van der Waals surface area contributed by atoms with Crippen molar-refractivity contribution < 1.29 is 9.53 Å². The summed E-state index contributed by atoms with van der Waals surface area (Å²) in [5.74, 6) is 0.478. The molecule has 0 bridgehead atoms. The second kappa shape index (κ2) is 8.65. The van der Waals surface area contributed by atoms with Crippen LogP contribution in [0.5, 0.6) is 5.75 Å². The highest BCUT2D eigenvalue weighted by Gasteiger charge is 2.12. The van der Waals surface area contributed by atoms with Crippen molar-refractivity contribution in [2.75, 3.05) is 7.11 Å². The number of ether oxygens (including phenoxy) is 1. The van der Waals surface area contributed by atoms with Crippen molar-refractivity contribution in [3.05, 3.63) is 95.8 Å². The Kier molecular flexibility index (Phi) is 5.61. The minimum atomic E-state index is -0.222. The van der Waals surface area contributed by atoms with E-state index in [0.717, 1.165) is 28.9 Å². The van der Waals surface area contributed by atoms with E-state index in [2.05, 4.69) is 27.5 Å². The highest BCUT2D eigenvalue weighted by molar-refractivity contribution is 5.92. The Labute approximate surface area is 174 Å². The van der Waals surface area contributed by atoms with Gasteiger partial charge in [0.1, 0.15) is 11.4 Å². The van der Waals surface area contributed by atoms with Crippen molar-refractivity contribution in [2.24, 2.45) is 0 Å². The monoisotopic (exact) mass is 401 g/mol. The first-order valence-corrected chi connectivity index (χ1v) is 9.65. The van der Waals surface area contributed by atoms with Gasteiger partial charge in [-0.3, -0.25) is 4.79 Å². The van der Waals surface area contributed by atoms with Gasteiger partial charge in [0.25, 0.3) is 5.91 Å². The zero-order valence-electron chi connectivity index (χ0n) is 16.9. The van der Waals surface area contributed by atoms with Gasteiger partial charge in [0, 0.05) is 31.7 Å². The molecule has 2 aromatic heterocycles. The van der Waals surface area contributed by atoms with Crippen LogP contribution >= 0.6 is 0 Å². The van der Waals surface area contributed by atoms with Crippen molar-refractivity contribution in [3.8, 4) is 11.4 Å². The van der Waals surface area contributed by atoms with Gasteiger partial charge in [-0.05, 0) is 41.8 Å². The van der Waals surface area contributed by atoms with E-state index in [1.807, 2.05) is 48.0 Å². The van der Waals surface area contributed by atoms with Crippen LogP contribution in [-0.2, 0) is 13.1 Å². The predicted octanol–water partition coefficient (Wildman–Crippen LogP) is 3.36. The zero-order valence-corrected chi connectivity index (χ0v) is 16.9. The maximum atomic E-state index is 12.6. The normalized spacial score (nSPS) is 10.7. The minimum Gasteiger partial charge on any atom is -0.494 e. The van der Waals surface area contributed by atoms with E-state index in [-0.39, 0.29) is 5.91 Å². The highest BCUT2D eigenvalue weighted by Crippen LogP contribution is 2.23. The van der Waals surface area contributed by atoms with Crippen LogP contribution in [0, 0.1) is 6.92 Å². The number of aromatic nitrogens is 4. The Morgan fingerprint density at radius 3 is 2.77 bits per heavy atom. The van der Waals surface area contributed by atoms with Crippen molar-refractivity contribution in [1.82, 2.24) is 24.6 Å². The molecule has 152 valence electrons. The molecule has 7 nitrogen and oxygen atoms in total. The van der Waals surface area contributed by atoms with Crippen LogP contribution in [0.25, 0.3) is 5.69 Å². The summed E-state index contributed by atoms with van der Waals surface area (Å²) in [7, 11) is 1.62. The average molecular weight is 401 g/mol. The van der Waals surface area contributed by atoms with Gasteiger partial charge in [-0.2, -0.15) is 5.10 Å². The molecule has 0 aliphatic heterocycles. The first kappa shape index (κ1) is 19.4. The summed E-state index contributed by atoms with van der Waals surface area (Å²) in [5.41, 5.74) is 4.41. The van der Waals surface area contributed by atoms with Gasteiger partial charge in [0.15, 0.2) is 5.69 Å². The number of hydrogen-bond donors (Lipinski definition) is 1. The summed E-state index contributed by atoms with van der Waals surface area (Å²) in [6.45, 7) is 3.17. The molecule has 0 fully saturated rings. The van der Waals surface area contributed by atoms with E-state index in [4.69, 9.17) is 4.74 Å². The second-order valence-electron chi connectivity index (χ2n) is 7.06. The maximum Gasteiger partial charge on any atom is 0.272 e. The van der Waals surface area contributed by atoms with E-state index < -0.39 is 0 Å². The van der Waals surface area contributed by atoms with Crippen LogP contribution < -0.4 is 10.1 Å². The summed E-state index contributed by atoms with van der Waals surface area (Å²) in [6, 6.07) is 15.7. The van der Waals surface area contributed by atoms with E-state index >= 15 is 0 Å². The molecule has 4 aromatic rings. The Balaban J connectivity index is 1.43. The van der Waals surface area contributed by atoms with Crippen molar-refractivity contribution in [3.63, 3.8) is 0 Å². The largest absolute Gasteiger partial charge is 0.494 e. The lowest BCUT2D eigenvalue weighted by Gasteiger charge is -2.09. The van der Waals surface area contributed by atoms with Gasteiger partial charge < -0.3 is 14.6 Å². The smallest absolute Gasteiger partial charge is 0.272 e. The topological polar surface area (TPSA) is 74.0 Å². The molecule has 0 saturated heterocycles. The van der Waals surface area contributed by atoms with Crippen LogP contribution in [-0.4, -0.2) is 32.3 Å². The Hall–Kier alpha value is -3.87. The molecule has 2 aromatic carbocycles. The van der Waals surface area contributed by atoms with Gasteiger partial charge in [-0.15, -0.1) is 0 Å². The van der Waals surface area contributed by atoms with E-state index in [0.29, 0.717) is 18.0 Å². The molecule has 0 aliphatic rings. The molecular weight excluding hydrogens is 378 g/mol. The van der Waals surface area contributed by atoms with Crippen LogP contribution in [0.1, 0.15) is 27.2 Å². The maximum absolute atomic E-state index is 12.6. The van der Waals surface area contributed by atoms with Crippen LogP contribution in [0.2, 0.25) is 0 Å². The third kappa shape index (κ3) is 4.41. The third-order valence-electron chi connectivity index (χ3n) is 4.77. The van der Waals surface area contributed by atoms with Crippen LogP contribution in [0.3, 0.4) is 0 Å². The molecular formula is C23H23N5O2. The molecule has 0 saturated carbocycles. The fraction of sp³-hybridized carbons (Fsp3) is 0.174. The molecule has 30 heavy (non-hydrogen) atoms. The van der Waals surface area contributed by atoms with Crippen molar-refractivity contribution in [2.45, 2.75) is 20.0 Å². The highest BCUT2D eigenvalue weighted by atomic mass is 16.5. The lowest BCUT2D eigenvalue weighted by atomic mass is 10.1. The van der Waals surface area contributed by atoms with E-state index in [1.54, 1.807) is 36.6 Å². The molecule has 1 N–H and O–H groups in total. The van der Waals surface area contributed by atoms with Gasteiger partial charge in [-0.25, -0.2) is 9.67 Å². The molecule has 1 amide bonds. The number of benzene rings is 2. The molecule has 0 aliphatic carbocycles. The molecule has 2 heterocycles. The van der Waals surface area contributed by atoms with E-state index in [1.165, 1.54) is 0 Å². The Morgan fingerprint density at radius 2 is 1.97 bits per heavy atom. The fourth-order valence-corrected chi connectivity index (χ4v) is 3.26. The average Bonchev–Trinajstić information content (AvgIpc) is 3.44. The first-order valence-electron chi connectivity index (χ1n) is 9.65.